The first-order chi connectivity index (χ1) is 9.24. The maximum atomic E-state index is 12.7. The van der Waals surface area contributed by atoms with Crippen molar-refractivity contribution in [2.24, 2.45) is 5.73 Å². The highest BCUT2D eigenvalue weighted by Crippen LogP contribution is 2.34. The summed E-state index contributed by atoms with van der Waals surface area (Å²) in [5, 5.41) is 2.59. The van der Waals surface area contributed by atoms with Crippen molar-refractivity contribution < 1.29 is 13.2 Å². The molecule has 108 valence electrons. The van der Waals surface area contributed by atoms with E-state index in [1.807, 2.05) is 13.8 Å². The van der Waals surface area contributed by atoms with Gasteiger partial charge in [0.25, 0.3) is 0 Å². The predicted molar refractivity (Wildman–Crippen MR) is 74.6 cm³/mol. The van der Waals surface area contributed by atoms with E-state index in [1.165, 1.54) is 17.4 Å². The van der Waals surface area contributed by atoms with Crippen LogP contribution in [-0.4, -0.2) is 11.5 Å². The Labute approximate surface area is 119 Å². The van der Waals surface area contributed by atoms with E-state index >= 15 is 0 Å². The largest absolute Gasteiger partial charge is 0.416 e. The van der Waals surface area contributed by atoms with Crippen LogP contribution < -0.4 is 5.73 Å². The second-order valence-electron chi connectivity index (χ2n) is 5.20. The van der Waals surface area contributed by atoms with Crippen molar-refractivity contribution in [1.82, 2.24) is 4.98 Å². The minimum absolute atomic E-state index is 0.273. The van der Waals surface area contributed by atoms with Crippen molar-refractivity contribution in [2.75, 3.05) is 6.54 Å². The van der Waals surface area contributed by atoms with Crippen LogP contribution >= 0.6 is 11.3 Å². The summed E-state index contributed by atoms with van der Waals surface area (Å²) in [5.74, 6) is 0. The second kappa shape index (κ2) is 5.18. The highest BCUT2D eigenvalue weighted by molar-refractivity contribution is 7.10. The van der Waals surface area contributed by atoms with Crippen molar-refractivity contribution in [2.45, 2.75) is 25.4 Å². The summed E-state index contributed by atoms with van der Waals surface area (Å²) in [7, 11) is 0. The quantitative estimate of drug-likeness (QED) is 0.928. The monoisotopic (exact) mass is 300 g/mol. The van der Waals surface area contributed by atoms with Crippen LogP contribution in [-0.2, 0) is 11.6 Å². The van der Waals surface area contributed by atoms with E-state index < -0.39 is 11.7 Å². The normalized spacial score (nSPS) is 12.7. The molecule has 0 saturated carbocycles. The average molecular weight is 300 g/mol. The third-order valence-corrected chi connectivity index (χ3v) is 4.29. The molecule has 0 fully saturated rings. The van der Waals surface area contributed by atoms with E-state index in [0.29, 0.717) is 17.8 Å². The Morgan fingerprint density at radius 1 is 1.25 bits per heavy atom. The summed E-state index contributed by atoms with van der Waals surface area (Å²) in [4.78, 5) is 4.42. The first-order valence-electron chi connectivity index (χ1n) is 6.08. The Morgan fingerprint density at radius 3 is 2.55 bits per heavy atom. The summed E-state index contributed by atoms with van der Waals surface area (Å²) in [6, 6.07) is 5.20. The van der Waals surface area contributed by atoms with Crippen LogP contribution in [0.3, 0.4) is 0 Å². The topological polar surface area (TPSA) is 38.9 Å². The van der Waals surface area contributed by atoms with Gasteiger partial charge in [0.2, 0.25) is 0 Å². The minimum atomic E-state index is -4.34. The van der Waals surface area contributed by atoms with Gasteiger partial charge in [-0.25, -0.2) is 4.98 Å². The Balaban J connectivity index is 2.38. The lowest BCUT2D eigenvalue weighted by atomic mass is 9.95. The number of hydrogen-bond donors (Lipinski definition) is 1. The van der Waals surface area contributed by atoms with Crippen LogP contribution in [0.5, 0.6) is 0 Å². The van der Waals surface area contributed by atoms with Crippen LogP contribution in [0.25, 0.3) is 11.3 Å². The molecule has 2 N–H and O–H groups in total. The molecule has 1 aromatic heterocycles. The molecule has 0 saturated heterocycles. The second-order valence-corrected chi connectivity index (χ2v) is 6.06. The van der Waals surface area contributed by atoms with Gasteiger partial charge in [0.15, 0.2) is 0 Å². The van der Waals surface area contributed by atoms with Gasteiger partial charge in [-0.2, -0.15) is 13.2 Å². The zero-order valence-electron chi connectivity index (χ0n) is 11.2. The molecule has 0 spiro atoms. The fourth-order valence-corrected chi connectivity index (χ4v) is 2.62. The molecule has 1 aromatic carbocycles. The van der Waals surface area contributed by atoms with Crippen molar-refractivity contribution in [1.29, 1.82) is 0 Å². The van der Waals surface area contributed by atoms with Crippen LogP contribution in [0.4, 0.5) is 13.2 Å². The predicted octanol–water partition coefficient (Wildman–Crippen LogP) is 4.07. The lowest BCUT2D eigenvalue weighted by Crippen LogP contribution is -2.27. The van der Waals surface area contributed by atoms with Gasteiger partial charge in [-0.15, -0.1) is 11.3 Å². The molecule has 1 heterocycles. The number of halogens is 3. The highest BCUT2D eigenvalue weighted by Gasteiger charge is 2.30. The number of aromatic nitrogens is 1. The third-order valence-electron chi connectivity index (χ3n) is 3.08. The maximum absolute atomic E-state index is 12.7. The fraction of sp³-hybridized carbons (Fsp3) is 0.357. The maximum Gasteiger partial charge on any atom is 0.416 e. The average Bonchev–Trinajstić information content (AvgIpc) is 2.88. The van der Waals surface area contributed by atoms with E-state index in [2.05, 4.69) is 4.98 Å². The first-order valence-corrected chi connectivity index (χ1v) is 6.96. The van der Waals surface area contributed by atoms with Gasteiger partial charge in [0.1, 0.15) is 5.01 Å². The van der Waals surface area contributed by atoms with E-state index in [0.717, 1.165) is 17.1 Å². The molecule has 0 bridgehead atoms. The molecule has 0 amide bonds. The van der Waals surface area contributed by atoms with Gasteiger partial charge < -0.3 is 5.73 Å². The number of rotatable bonds is 3. The van der Waals surface area contributed by atoms with E-state index in [-0.39, 0.29) is 5.41 Å². The van der Waals surface area contributed by atoms with Crippen molar-refractivity contribution in [3.63, 3.8) is 0 Å². The molecule has 6 heteroatoms. The first kappa shape index (κ1) is 15.0. The third kappa shape index (κ3) is 3.02. The number of nitrogens with two attached hydrogens (primary N) is 1. The molecule has 0 aliphatic heterocycles. The van der Waals surface area contributed by atoms with Crippen molar-refractivity contribution >= 4 is 11.3 Å². The number of nitrogens with zero attached hydrogens (tertiary/aromatic N) is 1. The van der Waals surface area contributed by atoms with Crippen LogP contribution in [0, 0.1) is 0 Å². The molecule has 2 rings (SSSR count). The fourth-order valence-electron chi connectivity index (χ4n) is 1.66. The van der Waals surface area contributed by atoms with E-state index in [9.17, 15) is 13.2 Å². The summed E-state index contributed by atoms with van der Waals surface area (Å²) in [6.07, 6.45) is -4.34. The standard InChI is InChI=1S/C14H15F3N2S/c1-13(2,8-18)12-19-11(7-20-12)9-4-3-5-10(6-9)14(15,16)17/h3-7H,8,18H2,1-2H3. The molecule has 0 aliphatic carbocycles. The lowest BCUT2D eigenvalue weighted by Gasteiger charge is -2.18. The SMILES string of the molecule is CC(C)(CN)c1nc(-c2cccc(C(F)(F)F)c2)cs1. The molecule has 2 aromatic rings. The number of alkyl halides is 3. The zero-order valence-corrected chi connectivity index (χ0v) is 12.0. The van der Waals surface area contributed by atoms with Gasteiger partial charge in [-0.1, -0.05) is 26.0 Å². The minimum Gasteiger partial charge on any atom is -0.330 e. The van der Waals surface area contributed by atoms with Gasteiger partial charge in [-0.3, -0.25) is 0 Å². The number of thiazole rings is 1. The Bertz CT molecular complexity index is 602. The number of hydrogen-bond acceptors (Lipinski definition) is 3. The Kier molecular flexibility index (Phi) is 3.88. The van der Waals surface area contributed by atoms with Crippen molar-refractivity contribution in [3.05, 3.63) is 40.2 Å². The molecule has 2 nitrogen and oxygen atoms in total. The lowest BCUT2D eigenvalue weighted by molar-refractivity contribution is -0.137. The molecule has 20 heavy (non-hydrogen) atoms. The summed E-state index contributed by atoms with van der Waals surface area (Å²) in [5.41, 5.74) is 5.77. The van der Waals surface area contributed by atoms with Crippen LogP contribution in [0.15, 0.2) is 29.6 Å². The van der Waals surface area contributed by atoms with Crippen molar-refractivity contribution in [3.8, 4) is 11.3 Å². The highest BCUT2D eigenvalue weighted by atomic mass is 32.1. The van der Waals surface area contributed by atoms with E-state index in [1.54, 1.807) is 11.4 Å². The van der Waals surface area contributed by atoms with Gasteiger partial charge in [0.05, 0.1) is 11.3 Å². The Morgan fingerprint density at radius 2 is 1.95 bits per heavy atom. The van der Waals surface area contributed by atoms with Gasteiger partial charge >= 0.3 is 6.18 Å². The van der Waals surface area contributed by atoms with E-state index in [4.69, 9.17) is 5.73 Å². The molecule has 0 unspecified atom stereocenters. The summed E-state index contributed by atoms with van der Waals surface area (Å²) in [6.45, 7) is 4.35. The molecule has 0 atom stereocenters. The molecular weight excluding hydrogens is 285 g/mol. The smallest absolute Gasteiger partial charge is 0.330 e. The zero-order chi connectivity index (χ0) is 15.0. The molecular formula is C14H15F3N2S. The van der Waals surface area contributed by atoms with Gasteiger partial charge in [-0.05, 0) is 12.1 Å². The number of benzene rings is 1. The summed E-state index contributed by atoms with van der Waals surface area (Å²) >= 11 is 1.42. The Hall–Kier alpha value is -1.40. The summed E-state index contributed by atoms with van der Waals surface area (Å²) < 4.78 is 38.1. The van der Waals surface area contributed by atoms with Gasteiger partial charge in [0, 0.05) is 22.9 Å². The van der Waals surface area contributed by atoms with Crippen LogP contribution in [0.2, 0.25) is 0 Å². The van der Waals surface area contributed by atoms with Crippen LogP contribution in [0.1, 0.15) is 24.4 Å². The molecule has 0 aliphatic rings. The molecule has 0 radical (unpaired) electrons.